The molecule has 2 amide bonds. The number of aryl methyl sites for hydroxylation is 2. The highest BCUT2D eigenvalue weighted by atomic mass is 32.1. The molecule has 0 saturated heterocycles. The number of benzene rings is 1. The quantitative estimate of drug-likeness (QED) is 0.487. The summed E-state index contributed by atoms with van der Waals surface area (Å²) in [6, 6.07) is 7.43. The van der Waals surface area contributed by atoms with E-state index in [-0.39, 0.29) is 13.0 Å². The Balaban J connectivity index is 1.76. The van der Waals surface area contributed by atoms with Gasteiger partial charge in [-0.3, -0.25) is 4.79 Å². The van der Waals surface area contributed by atoms with Gasteiger partial charge in [0, 0.05) is 21.9 Å². The number of fused-ring (bicyclic) bond motifs is 1. The summed E-state index contributed by atoms with van der Waals surface area (Å²) in [5.41, 5.74) is 7.63. The second-order valence-corrected chi connectivity index (χ2v) is 7.40. The number of thiophene rings is 1. The third-order valence-electron chi connectivity index (χ3n) is 4.48. The van der Waals surface area contributed by atoms with Crippen LogP contribution in [0.4, 0.5) is 4.79 Å². The van der Waals surface area contributed by atoms with Crippen molar-refractivity contribution in [1.29, 1.82) is 0 Å². The van der Waals surface area contributed by atoms with Gasteiger partial charge in [-0.15, -0.1) is 11.3 Å². The summed E-state index contributed by atoms with van der Waals surface area (Å²) < 4.78 is 10.7. The number of carbonyl (C=O) groups is 2. The highest BCUT2D eigenvalue weighted by Gasteiger charge is 2.20. The molecular formula is C20H20N2O5S. The SMILES string of the molecule is Cc1ccc2c(COC(=O)C[C@@H](NC(N)=O)c3cccs3)cc(=O)oc2c1C. The number of nitrogens with one attached hydrogen (secondary N) is 1. The molecule has 1 aromatic carbocycles. The highest BCUT2D eigenvalue weighted by molar-refractivity contribution is 7.10. The van der Waals surface area contributed by atoms with Crippen LogP contribution in [0.5, 0.6) is 0 Å². The van der Waals surface area contributed by atoms with Crippen LogP contribution < -0.4 is 16.7 Å². The first kappa shape index (κ1) is 19.6. The molecule has 2 heterocycles. The van der Waals surface area contributed by atoms with Crippen molar-refractivity contribution in [3.63, 3.8) is 0 Å². The molecule has 146 valence electrons. The second kappa shape index (κ2) is 8.26. The van der Waals surface area contributed by atoms with Crippen LogP contribution in [0.3, 0.4) is 0 Å². The molecule has 28 heavy (non-hydrogen) atoms. The first-order valence-corrected chi connectivity index (χ1v) is 9.51. The standard InChI is InChI=1S/C20H20N2O5S/c1-11-5-6-14-13(8-18(24)27-19(14)12(11)2)10-26-17(23)9-15(22-20(21)25)16-4-3-7-28-16/h3-8,15H,9-10H2,1-2H3,(H3,21,22,25)/t15-/m1/s1. The lowest BCUT2D eigenvalue weighted by Gasteiger charge is -2.15. The van der Waals surface area contributed by atoms with Gasteiger partial charge < -0.3 is 20.2 Å². The molecule has 7 nitrogen and oxygen atoms in total. The third kappa shape index (κ3) is 4.40. The first-order valence-electron chi connectivity index (χ1n) is 8.63. The van der Waals surface area contributed by atoms with Crippen molar-refractivity contribution in [2.24, 2.45) is 5.73 Å². The van der Waals surface area contributed by atoms with Gasteiger partial charge in [0.25, 0.3) is 0 Å². The van der Waals surface area contributed by atoms with Crippen molar-refractivity contribution in [3.8, 4) is 0 Å². The second-order valence-electron chi connectivity index (χ2n) is 6.42. The molecule has 0 aliphatic rings. The van der Waals surface area contributed by atoms with Gasteiger partial charge in [0.1, 0.15) is 12.2 Å². The molecule has 0 aliphatic heterocycles. The molecule has 1 atom stereocenters. The van der Waals surface area contributed by atoms with Crippen molar-refractivity contribution in [1.82, 2.24) is 5.32 Å². The average Bonchev–Trinajstić information content (AvgIpc) is 3.17. The van der Waals surface area contributed by atoms with E-state index in [0.29, 0.717) is 11.1 Å². The number of esters is 1. The van der Waals surface area contributed by atoms with Crippen LogP contribution in [0.15, 0.2) is 44.9 Å². The zero-order valence-electron chi connectivity index (χ0n) is 15.5. The van der Waals surface area contributed by atoms with E-state index >= 15 is 0 Å². The number of nitrogens with two attached hydrogens (primary N) is 1. The minimum Gasteiger partial charge on any atom is -0.461 e. The van der Waals surface area contributed by atoms with E-state index in [1.54, 1.807) is 6.07 Å². The van der Waals surface area contributed by atoms with E-state index in [9.17, 15) is 14.4 Å². The maximum atomic E-state index is 12.3. The Bertz CT molecular complexity index is 1070. The molecule has 3 N–H and O–H groups in total. The van der Waals surface area contributed by atoms with Gasteiger partial charge in [0.15, 0.2) is 0 Å². The van der Waals surface area contributed by atoms with Crippen molar-refractivity contribution in [3.05, 3.63) is 67.7 Å². The molecule has 0 bridgehead atoms. The summed E-state index contributed by atoms with van der Waals surface area (Å²) >= 11 is 1.40. The number of urea groups is 1. The molecule has 0 radical (unpaired) electrons. The van der Waals surface area contributed by atoms with Gasteiger partial charge in [0.05, 0.1) is 12.5 Å². The maximum Gasteiger partial charge on any atom is 0.336 e. The summed E-state index contributed by atoms with van der Waals surface area (Å²) in [4.78, 5) is 36.3. The fourth-order valence-electron chi connectivity index (χ4n) is 2.91. The highest BCUT2D eigenvalue weighted by Crippen LogP contribution is 2.25. The summed E-state index contributed by atoms with van der Waals surface area (Å²) in [5.74, 6) is -0.516. The van der Waals surface area contributed by atoms with Crippen LogP contribution in [0.25, 0.3) is 11.0 Å². The van der Waals surface area contributed by atoms with Gasteiger partial charge in [0.2, 0.25) is 0 Å². The molecular weight excluding hydrogens is 380 g/mol. The monoisotopic (exact) mass is 400 g/mol. The zero-order valence-corrected chi connectivity index (χ0v) is 16.3. The van der Waals surface area contributed by atoms with Crippen molar-refractivity contribution >= 4 is 34.3 Å². The molecule has 0 fully saturated rings. The molecule has 0 saturated carbocycles. The number of amides is 2. The number of primary amides is 1. The van der Waals surface area contributed by atoms with Gasteiger partial charge in [-0.2, -0.15) is 0 Å². The Labute approximate surface area is 165 Å². The van der Waals surface area contributed by atoms with Gasteiger partial charge in [-0.1, -0.05) is 18.2 Å². The minimum absolute atomic E-state index is 0.0685. The average molecular weight is 400 g/mol. The smallest absolute Gasteiger partial charge is 0.336 e. The molecule has 8 heteroatoms. The van der Waals surface area contributed by atoms with Crippen LogP contribution in [-0.2, 0) is 16.1 Å². The molecule has 0 aliphatic carbocycles. The number of hydrogen-bond donors (Lipinski definition) is 2. The molecule has 0 spiro atoms. The molecule has 2 aromatic heterocycles. The Hall–Kier alpha value is -3.13. The molecule has 3 rings (SSSR count). The van der Waals surface area contributed by atoms with Crippen LogP contribution in [-0.4, -0.2) is 12.0 Å². The Kier molecular flexibility index (Phi) is 5.79. The summed E-state index contributed by atoms with van der Waals surface area (Å²) in [6.45, 7) is 3.73. The number of rotatable bonds is 6. The van der Waals surface area contributed by atoms with Crippen molar-refractivity contribution in [2.75, 3.05) is 0 Å². The third-order valence-corrected chi connectivity index (χ3v) is 5.47. The van der Waals surface area contributed by atoms with Crippen LogP contribution in [0.1, 0.15) is 34.0 Å². The van der Waals surface area contributed by atoms with Crippen molar-refractivity contribution < 1.29 is 18.7 Å². The van der Waals surface area contributed by atoms with Crippen LogP contribution >= 0.6 is 11.3 Å². The summed E-state index contributed by atoms with van der Waals surface area (Å²) in [5, 5.41) is 5.11. The normalized spacial score (nSPS) is 11.9. The first-order chi connectivity index (χ1) is 13.3. The lowest BCUT2D eigenvalue weighted by Crippen LogP contribution is -2.34. The topological polar surface area (TPSA) is 112 Å². The van der Waals surface area contributed by atoms with E-state index in [2.05, 4.69) is 5.32 Å². The molecule has 3 aromatic rings. The van der Waals surface area contributed by atoms with E-state index < -0.39 is 23.7 Å². The fourth-order valence-corrected chi connectivity index (χ4v) is 3.69. The fraction of sp³-hybridized carbons (Fsp3) is 0.250. The number of hydrogen-bond acceptors (Lipinski definition) is 6. The van der Waals surface area contributed by atoms with Gasteiger partial charge >= 0.3 is 17.6 Å². The van der Waals surface area contributed by atoms with Crippen LogP contribution in [0.2, 0.25) is 0 Å². The predicted octanol–water partition coefficient (Wildman–Crippen LogP) is 3.31. The van der Waals surface area contributed by atoms with E-state index in [1.165, 1.54) is 17.4 Å². The summed E-state index contributed by atoms with van der Waals surface area (Å²) in [7, 11) is 0. The zero-order chi connectivity index (χ0) is 20.3. The Morgan fingerprint density at radius 3 is 2.75 bits per heavy atom. The summed E-state index contributed by atoms with van der Waals surface area (Å²) in [6.07, 6.45) is -0.0685. The van der Waals surface area contributed by atoms with E-state index in [0.717, 1.165) is 21.4 Å². The largest absolute Gasteiger partial charge is 0.461 e. The number of ether oxygens (including phenoxy) is 1. The van der Waals surface area contributed by atoms with Gasteiger partial charge in [-0.05, 0) is 36.4 Å². The van der Waals surface area contributed by atoms with Gasteiger partial charge in [-0.25, -0.2) is 9.59 Å². The Morgan fingerprint density at radius 1 is 1.29 bits per heavy atom. The lowest BCUT2D eigenvalue weighted by molar-refractivity contribution is -0.145. The lowest BCUT2D eigenvalue weighted by atomic mass is 10.0. The van der Waals surface area contributed by atoms with E-state index in [4.69, 9.17) is 14.9 Å². The minimum atomic E-state index is -0.719. The van der Waals surface area contributed by atoms with E-state index in [1.807, 2.05) is 37.4 Å². The predicted molar refractivity (Wildman–Crippen MR) is 106 cm³/mol. The maximum absolute atomic E-state index is 12.3. The molecule has 0 unspecified atom stereocenters. The number of carbonyl (C=O) groups excluding carboxylic acids is 2. The van der Waals surface area contributed by atoms with Crippen molar-refractivity contribution in [2.45, 2.75) is 32.9 Å². The Morgan fingerprint density at radius 2 is 2.07 bits per heavy atom. The van der Waals surface area contributed by atoms with Crippen LogP contribution in [0, 0.1) is 13.8 Å².